The molecule has 0 saturated carbocycles. The lowest BCUT2D eigenvalue weighted by atomic mass is 10.0. The number of hydrogen-bond donors (Lipinski definition) is 0. The Labute approximate surface area is 106 Å². The van der Waals surface area contributed by atoms with E-state index in [2.05, 4.69) is 64.0 Å². The van der Waals surface area contributed by atoms with Crippen molar-refractivity contribution in [3.63, 3.8) is 0 Å². The number of unbranched alkanes of at least 4 members (excludes halogenated alkanes) is 2. The van der Waals surface area contributed by atoms with E-state index in [4.69, 9.17) is 0 Å². The highest BCUT2D eigenvalue weighted by atomic mass is 15.3. The normalized spacial score (nSPS) is 13.4. The summed E-state index contributed by atoms with van der Waals surface area (Å²) in [5, 5.41) is 0. The van der Waals surface area contributed by atoms with Crippen LogP contribution in [0.2, 0.25) is 0 Å². The summed E-state index contributed by atoms with van der Waals surface area (Å²) in [5.74, 6) is 0. The minimum absolute atomic E-state index is 0.396. The third kappa shape index (κ3) is 4.01. The molecule has 0 aliphatic rings. The van der Waals surface area contributed by atoms with Gasteiger partial charge in [-0.2, -0.15) is 0 Å². The Hall–Kier alpha value is -1.08. The van der Waals surface area contributed by atoms with Gasteiger partial charge in [0.25, 0.3) is 0 Å². The van der Waals surface area contributed by atoms with E-state index in [0.717, 1.165) is 4.48 Å². The van der Waals surface area contributed by atoms with Crippen LogP contribution in [0.15, 0.2) is 43.0 Å². The fourth-order valence-electron chi connectivity index (χ4n) is 2.38. The number of quaternary nitrogens is 1. The molecule has 1 rings (SSSR count). The Bertz CT molecular complexity index is 327. The summed E-state index contributed by atoms with van der Waals surface area (Å²) < 4.78 is 0.994. The van der Waals surface area contributed by atoms with E-state index in [-0.39, 0.29) is 0 Å². The van der Waals surface area contributed by atoms with Gasteiger partial charge in [-0.05, 0) is 18.9 Å². The standard InChI is InChI=1S/C16H26N/c1-5-7-11-14-17(3,4)16(6-2)15-12-9-8-10-13-15/h6,8-10,12-13,16H,2,5,7,11,14H2,1,3-4H3/q+1. The van der Waals surface area contributed by atoms with Crippen molar-refractivity contribution in [2.75, 3.05) is 20.6 Å². The number of hydrogen-bond acceptors (Lipinski definition) is 0. The van der Waals surface area contributed by atoms with Crippen molar-refractivity contribution < 1.29 is 4.48 Å². The van der Waals surface area contributed by atoms with Gasteiger partial charge < -0.3 is 4.48 Å². The molecule has 1 atom stereocenters. The Morgan fingerprint density at radius 3 is 2.35 bits per heavy atom. The molecular weight excluding hydrogens is 206 g/mol. The van der Waals surface area contributed by atoms with Crippen LogP contribution in [0.5, 0.6) is 0 Å². The molecule has 0 heterocycles. The van der Waals surface area contributed by atoms with Crippen LogP contribution < -0.4 is 0 Å². The van der Waals surface area contributed by atoms with E-state index in [1.165, 1.54) is 31.4 Å². The molecule has 0 aliphatic carbocycles. The van der Waals surface area contributed by atoms with Crippen molar-refractivity contribution in [3.05, 3.63) is 48.6 Å². The third-order valence-corrected chi connectivity index (χ3v) is 3.46. The highest BCUT2D eigenvalue weighted by Crippen LogP contribution is 2.26. The maximum atomic E-state index is 4.02. The number of rotatable bonds is 7. The van der Waals surface area contributed by atoms with Crippen molar-refractivity contribution in [2.45, 2.75) is 32.2 Å². The maximum absolute atomic E-state index is 4.02. The van der Waals surface area contributed by atoms with Crippen LogP contribution >= 0.6 is 0 Å². The van der Waals surface area contributed by atoms with Crippen molar-refractivity contribution in [1.29, 1.82) is 0 Å². The maximum Gasteiger partial charge on any atom is 0.133 e. The molecule has 17 heavy (non-hydrogen) atoms. The van der Waals surface area contributed by atoms with Gasteiger partial charge >= 0.3 is 0 Å². The monoisotopic (exact) mass is 232 g/mol. The minimum atomic E-state index is 0.396. The van der Waals surface area contributed by atoms with E-state index in [0.29, 0.717) is 6.04 Å². The number of nitrogens with zero attached hydrogens (tertiary/aromatic N) is 1. The average molecular weight is 232 g/mol. The van der Waals surface area contributed by atoms with Gasteiger partial charge in [-0.1, -0.05) is 50.3 Å². The first-order valence-corrected chi connectivity index (χ1v) is 6.62. The minimum Gasteiger partial charge on any atom is -0.319 e. The molecule has 0 radical (unpaired) electrons. The fourth-order valence-corrected chi connectivity index (χ4v) is 2.38. The van der Waals surface area contributed by atoms with Crippen LogP contribution in [0.4, 0.5) is 0 Å². The summed E-state index contributed by atoms with van der Waals surface area (Å²) >= 11 is 0. The molecule has 0 aliphatic heterocycles. The molecule has 94 valence electrons. The molecule has 1 aromatic rings. The van der Waals surface area contributed by atoms with Crippen LogP contribution in [0.3, 0.4) is 0 Å². The molecule has 0 spiro atoms. The Balaban J connectivity index is 2.75. The Kier molecular flexibility index (Phi) is 5.43. The number of likely N-dealkylation sites (N-methyl/N-ethyl adjacent to an activating group) is 1. The first-order valence-electron chi connectivity index (χ1n) is 6.62. The van der Waals surface area contributed by atoms with Crippen LogP contribution in [-0.4, -0.2) is 25.1 Å². The topological polar surface area (TPSA) is 0 Å². The first-order chi connectivity index (χ1) is 8.11. The summed E-state index contributed by atoms with van der Waals surface area (Å²) in [6.45, 7) is 7.48. The van der Waals surface area contributed by atoms with Crippen molar-refractivity contribution in [2.24, 2.45) is 0 Å². The lowest BCUT2D eigenvalue weighted by molar-refractivity contribution is -0.914. The second-order valence-corrected chi connectivity index (χ2v) is 5.30. The van der Waals surface area contributed by atoms with Gasteiger partial charge in [0.2, 0.25) is 0 Å². The van der Waals surface area contributed by atoms with Crippen LogP contribution in [0.25, 0.3) is 0 Å². The Morgan fingerprint density at radius 2 is 1.82 bits per heavy atom. The molecule has 0 aromatic heterocycles. The largest absolute Gasteiger partial charge is 0.319 e. The summed E-state index contributed by atoms with van der Waals surface area (Å²) in [4.78, 5) is 0. The molecule has 0 N–H and O–H groups in total. The van der Waals surface area contributed by atoms with Crippen molar-refractivity contribution >= 4 is 0 Å². The zero-order valence-electron chi connectivity index (χ0n) is 11.5. The molecule has 0 fully saturated rings. The van der Waals surface area contributed by atoms with Gasteiger partial charge in [-0.15, -0.1) is 0 Å². The van der Waals surface area contributed by atoms with Crippen LogP contribution in [0, 0.1) is 0 Å². The van der Waals surface area contributed by atoms with E-state index >= 15 is 0 Å². The second-order valence-electron chi connectivity index (χ2n) is 5.30. The zero-order chi connectivity index (χ0) is 12.7. The fraction of sp³-hybridized carbons (Fsp3) is 0.500. The second kappa shape index (κ2) is 6.61. The van der Waals surface area contributed by atoms with Crippen molar-refractivity contribution in [3.8, 4) is 0 Å². The smallest absolute Gasteiger partial charge is 0.133 e. The van der Waals surface area contributed by atoms with E-state index < -0.39 is 0 Å². The molecule has 1 unspecified atom stereocenters. The Morgan fingerprint density at radius 1 is 1.18 bits per heavy atom. The molecule has 0 amide bonds. The van der Waals surface area contributed by atoms with Crippen LogP contribution in [0.1, 0.15) is 37.8 Å². The zero-order valence-corrected chi connectivity index (χ0v) is 11.5. The molecule has 1 heteroatoms. The molecule has 0 saturated heterocycles. The van der Waals surface area contributed by atoms with Gasteiger partial charge in [-0.3, -0.25) is 0 Å². The van der Waals surface area contributed by atoms with Gasteiger partial charge in [-0.25, -0.2) is 0 Å². The predicted molar refractivity (Wildman–Crippen MR) is 75.9 cm³/mol. The lowest BCUT2D eigenvalue weighted by Crippen LogP contribution is -2.43. The molecule has 1 nitrogen and oxygen atoms in total. The highest BCUT2D eigenvalue weighted by molar-refractivity contribution is 5.20. The van der Waals surface area contributed by atoms with E-state index in [9.17, 15) is 0 Å². The van der Waals surface area contributed by atoms with Gasteiger partial charge in [0.05, 0.1) is 20.6 Å². The summed E-state index contributed by atoms with van der Waals surface area (Å²) in [6.07, 6.45) is 5.98. The predicted octanol–water partition coefficient (Wildman–Crippen LogP) is 4.18. The molecular formula is C16H26N+. The quantitative estimate of drug-likeness (QED) is 0.376. The van der Waals surface area contributed by atoms with Gasteiger partial charge in [0.15, 0.2) is 0 Å². The molecule has 0 bridgehead atoms. The first kappa shape index (κ1) is 14.0. The third-order valence-electron chi connectivity index (χ3n) is 3.46. The highest BCUT2D eigenvalue weighted by Gasteiger charge is 2.26. The lowest BCUT2D eigenvalue weighted by Gasteiger charge is -2.37. The van der Waals surface area contributed by atoms with Crippen molar-refractivity contribution in [1.82, 2.24) is 0 Å². The average Bonchev–Trinajstić information content (AvgIpc) is 2.31. The van der Waals surface area contributed by atoms with E-state index in [1.54, 1.807) is 0 Å². The van der Waals surface area contributed by atoms with Gasteiger partial charge in [0, 0.05) is 5.56 Å². The SMILES string of the molecule is C=CC(c1ccccc1)[N+](C)(C)CCCCC. The summed E-state index contributed by atoms with van der Waals surface area (Å²) in [6, 6.07) is 11.1. The number of benzene rings is 1. The molecule has 1 aromatic carbocycles. The van der Waals surface area contributed by atoms with Gasteiger partial charge in [0.1, 0.15) is 6.04 Å². The van der Waals surface area contributed by atoms with E-state index in [1.807, 2.05) is 0 Å². The summed E-state index contributed by atoms with van der Waals surface area (Å²) in [7, 11) is 4.60. The van der Waals surface area contributed by atoms with Crippen LogP contribution in [-0.2, 0) is 0 Å². The summed E-state index contributed by atoms with van der Waals surface area (Å²) in [5.41, 5.74) is 1.36.